The van der Waals surface area contributed by atoms with E-state index in [1.54, 1.807) is 6.42 Å². The molecule has 2 aliphatic carbocycles. The molecule has 1 aromatic rings. The van der Waals surface area contributed by atoms with E-state index in [0.29, 0.717) is 0 Å². The maximum Gasteiger partial charge on any atom is 0.0628 e. The average molecular weight is 248 g/mol. The molecule has 0 amide bonds. The Hall–Kier alpha value is -0.0800. The summed E-state index contributed by atoms with van der Waals surface area (Å²) >= 11 is 4.27. The van der Waals surface area contributed by atoms with Gasteiger partial charge in [-0.15, -0.1) is 23.5 Å². The highest BCUT2D eigenvalue weighted by atomic mass is 32.2. The van der Waals surface area contributed by atoms with E-state index in [1.165, 1.54) is 29.1 Å². The van der Waals surface area contributed by atoms with Crippen LogP contribution in [-0.2, 0) is 0 Å². The molecule has 84 valence electrons. The molecule has 0 spiro atoms. The van der Waals surface area contributed by atoms with Crippen molar-refractivity contribution in [1.29, 1.82) is 0 Å². The standard InChI is InChI=1S/C14H16S2/c1-2-4-13-12(3-1)15-14(16-13)11-8-9-5-6-10(11)7-9/h1-4,9-11,14H,5-8H2. The lowest BCUT2D eigenvalue weighted by Crippen LogP contribution is -2.18. The molecule has 0 aromatic heterocycles. The van der Waals surface area contributed by atoms with Gasteiger partial charge in [0.2, 0.25) is 0 Å². The van der Waals surface area contributed by atoms with Crippen molar-refractivity contribution in [2.24, 2.45) is 17.8 Å². The zero-order valence-electron chi connectivity index (χ0n) is 9.26. The molecule has 3 atom stereocenters. The molecule has 1 aliphatic heterocycles. The van der Waals surface area contributed by atoms with Gasteiger partial charge in [-0.1, -0.05) is 18.6 Å². The number of rotatable bonds is 1. The van der Waals surface area contributed by atoms with Crippen LogP contribution in [-0.4, -0.2) is 4.58 Å². The third-order valence-corrected chi connectivity index (χ3v) is 7.57. The van der Waals surface area contributed by atoms with Crippen molar-refractivity contribution < 1.29 is 0 Å². The summed E-state index contributed by atoms with van der Waals surface area (Å²) in [6, 6.07) is 8.94. The Balaban J connectivity index is 1.56. The van der Waals surface area contributed by atoms with Crippen molar-refractivity contribution in [2.45, 2.75) is 40.1 Å². The van der Waals surface area contributed by atoms with Crippen LogP contribution in [0.4, 0.5) is 0 Å². The van der Waals surface area contributed by atoms with E-state index in [4.69, 9.17) is 0 Å². The zero-order valence-corrected chi connectivity index (χ0v) is 10.9. The Labute approximate surface area is 106 Å². The van der Waals surface area contributed by atoms with Crippen LogP contribution < -0.4 is 0 Å². The summed E-state index contributed by atoms with van der Waals surface area (Å²) in [4.78, 5) is 3.06. The van der Waals surface area contributed by atoms with Crippen molar-refractivity contribution >= 4 is 23.5 Å². The molecule has 0 N–H and O–H groups in total. The van der Waals surface area contributed by atoms with Crippen LogP contribution >= 0.6 is 23.5 Å². The third kappa shape index (κ3) is 1.46. The number of hydrogen-bond acceptors (Lipinski definition) is 2. The molecule has 2 heteroatoms. The monoisotopic (exact) mass is 248 g/mol. The molecular formula is C14H16S2. The highest BCUT2D eigenvalue weighted by Gasteiger charge is 2.45. The van der Waals surface area contributed by atoms with Crippen LogP contribution in [0.1, 0.15) is 25.7 Å². The smallest absolute Gasteiger partial charge is 0.0628 e. The van der Waals surface area contributed by atoms with Crippen LogP contribution in [0.3, 0.4) is 0 Å². The summed E-state index contributed by atoms with van der Waals surface area (Å²) in [6.07, 6.45) is 6.10. The maximum absolute atomic E-state index is 2.29. The maximum atomic E-state index is 2.29. The fourth-order valence-corrected chi connectivity index (χ4v) is 7.02. The summed E-state index contributed by atoms with van der Waals surface area (Å²) in [6.45, 7) is 0. The number of fused-ring (bicyclic) bond motifs is 3. The van der Waals surface area contributed by atoms with E-state index >= 15 is 0 Å². The van der Waals surface area contributed by atoms with Gasteiger partial charge in [0.05, 0.1) is 4.58 Å². The summed E-state index contributed by atoms with van der Waals surface area (Å²) in [5.41, 5.74) is 0. The molecule has 3 aliphatic rings. The molecule has 4 rings (SSSR count). The molecule has 0 radical (unpaired) electrons. The summed E-state index contributed by atoms with van der Waals surface area (Å²) < 4.78 is 0.827. The van der Waals surface area contributed by atoms with E-state index in [2.05, 4.69) is 47.8 Å². The van der Waals surface area contributed by atoms with Crippen LogP contribution in [0, 0.1) is 17.8 Å². The van der Waals surface area contributed by atoms with E-state index in [0.717, 1.165) is 22.3 Å². The van der Waals surface area contributed by atoms with Gasteiger partial charge in [0.15, 0.2) is 0 Å². The summed E-state index contributed by atoms with van der Waals surface area (Å²) in [5, 5.41) is 0. The van der Waals surface area contributed by atoms with Crippen molar-refractivity contribution in [2.75, 3.05) is 0 Å². The van der Waals surface area contributed by atoms with Crippen LogP contribution in [0.15, 0.2) is 34.1 Å². The fraction of sp³-hybridized carbons (Fsp3) is 0.571. The third-order valence-electron chi connectivity index (χ3n) is 4.48. The molecule has 0 saturated heterocycles. The Bertz CT molecular complexity index is 390. The first-order valence-corrected chi connectivity index (χ1v) is 8.08. The topological polar surface area (TPSA) is 0 Å². The predicted octanol–water partition coefficient (Wildman–Crippen LogP) is 4.65. The first-order chi connectivity index (χ1) is 7.90. The lowest BCUT2D eigenvalue weighted by Gasteiger charge is -2.26. The summed E-state index contributed by atoms with van der Waals surface area (Å²) in [7, 11) is 0. The number of thioether (sulfide) groups is 2. The first-order valence-electron chi connectivity index (χ1n) is 6.32. The highest BCUT2D eigenvalue weighted by molar-refractivity contribution is 8.19. The van der Waals surface area contributed by atoms with E-state index in [-0.39, 0.29) is 0 Å². The minimum atomic E-state index is 0.827. The van der Waals surface area contributed by atoms with Gasteiger partial charge in [0.1, 0.15) is 0 Å². The van der Waals surface area contributed by atoms with Gasteiger partial charge in [-0.2, -0.15) is 0 Å². The second-order valence-electron chi connectivity index (χ2n) is 5.39. The molecule has 3 unspecified atom stereocenters. The van der Waals surface area contributed by atoms with Crippen molar-refractivity contribution in [1.82, 2.24) is 0 Å². The van der Waals surface area contributed by atoms with Gasteiger partial charge < -0.3 is 0 Å². The van der Waals surface area contributed by atoms with Gasteiger partial charge in [-0.3, -0.25) is 0 Å². The molecular weight excluding hydrogens is 232 g/mol. The van der Waals surface area contributed by atoms with Gasteiger partial charge in [0, 0.05) is 9.79 Å². The van der Waals surface area contributed by atoms with Gasteiger partial charge in [-0.05, 0) is 49.1 Å². The Morgan fingerprint density at radius 1 is 0.938 bits per heavy atom. The van der Waals surface area contributed by atoms with E-state index in [1.807, 2.05) is 0 Å². The summed E-state index contributed by atoms with van der Waals surface area (Å²) in [5.74, 6) is 3.14. The lowest BCUT2D eigenvalue weighted by atomic mass is 9.90. The highest BCUT2D eigenvalue weighted by Crippen LogP contribution is 2.59. The molecule has 1 aromatic carbocycles. The second kappa shape index (κ2) is 3.71. The van der Waals surface area contributed by atoms with Crippen molar-refractivity contribution in [3.63, 3.8) is 0 Å². The Morgan fingerprint density at radius 2 is 1.69 bits per heavy atom. The molecule has 2 fully saturated rings. The average Bonchev–Trinajstić information content (AvgIpc) is 3.02. The van der Waals surface area contributed by atoms with E-state index < -0.39 is 0 Å². The molecule has 2 saturated carbocycles. The SMILES string of the molecule is c1ccc2c(c1)SC(C1CC3CCC1C3)S2. The Morgan fingerprint density at radius 3 is 2.25 bits per heavy atom. The lowest BCUT2D eigenvalue weighted by molar-refractivity contribution is 0.356. The normalized spacial score (nSPS) is 36.9. The van der Waals surface area contributed by atoms with Gasteiger partial charge in [0.25, 0.3) is 0 Å². The number of hydrogen-bond donors (Lipinski definition) is 0. The molecule has 0 nitrogen and oxygen atoms in total. The second-order valence-corrected chi connectivity index (χ2v) is 8.05. The van der Waals surface area contributed by atoms with E-state index in [9.17, 15) is 0 Å². The van der Waals surface area contributed by atoms with Gasteiger partial charge in [-0.25, -0.2) is 0 Å². The Kier molecular flexibility index (Phi) is 2.29. The largest absolute Gasteiger partial charge is 0.110 e. The predicted molar refractivity (Wildman–Crippen MR) is 70.9 cm³/mol. The van der Waals surface area contributed by atoms with Crippen LogP contribution in [0.25, 0.3) is 0 Å². The van der Waals surface area contributed by atoms with Gasteiger partial charge >= 0.3 is 0 Å². The van der Waals surface area contributed by atoms with Crippen molar-refractivity contribution in [3.8, 4) is 0 Å². The minimum Gasteiger partial charge on any atom is -0.110 e. The van der Waals surface area contributed by atoms with Crippen LogP contribution in [0.2, 0.25) is 0 Å². The van der Waals surface area contributed by atoms with Crippen molar-refractivity contribution in [3.05, 3.63) is 24.3 Å². The molecule has 1 heterocycles. The first kappa shape index (κ1) is 9.90. The number of benzene rings is 1. The minimum absolute atomic E-state index is 0.827. The van der Waals surface area contributed by atoms with Crippen LogP contribution in [0.5, 0.6) is 0 Å². The quantitative estimate of drug-likeness (QED) is 0.709. The molecule has 16 heavy (non-hydrogen) atoms. The molecule has 2 bridgehead atoms. The zero-order chi connectivity index (χ0) is 10.5. The fourth-order valence-electron chi connectivity index (χ4n) is 3.72.